The number of rotatable bonds is 63. The van der Waals surface area contributed by atoms with Crippen LogP contribution in [-0.4, -0.2) is 87.4 Å². The Labute approximate surface area is 495 Å². The molecular weight excluding hydrogens is 995 g/mol. The average molecular weight is 1130 g/mol. The molecule has 0 aromatic heterocycles. The molecule has 80 heavy (non-hydrogen) atoms. The molecule has 0 spiro atoms. The quantitative estimate of drug-likeness (QED) is 0.0211. The van der Waals surface area contributed by atoms with E-state index in [1.807, 2.05) is 21.1 Å². The number of carbonyl (C=O) groups is 3. The predicted molar refractivity (Wildman–Crippen MR) is 341 cm³/mol. The molecule has 0 rings (SSSR count). The van der Waals surface area contributed by atoms with Crippen LogP contribution in [0.1, 0.15) is 316 Å². The first kappa shape index (κ1) is 77.0. The highest BCUT2D eigenvalue weighted by molar-refractivity contribution is 5.71. The first-order valence-corrected chi connectivity index (χ1v) is 34.0. The van der Waals surface area contributed by atoms with E-state index < -0.39 is 24.3 Å². The molecule has 0 aliphatic rings. The number of likely N-dealkylation sites (N-methyl/N-ethyl adjacent to an activating group) is 1. The fourth-order valence-corrected chi connectivity index (χ4v) is 9.87. The summed E-state index contributed by atoms with van der Waals surface area (Å²) in [6.45, 7) is 4.76. The molecule has 2 atom stereocenters. The van der Waals surface area contributed by atoms with Crippen LogP contribution in [0.4, 0.5) is 0 Å². The van der Waals surface area contributed by atoms with Crippen LogP contribution in [0.15, 0.2) is 60.8 Å². The number of hydrogen-bond donors (Lipinski definition) is 1. The molecule has 0 aromatic rings. The van der Waals surface area contributed by atoms with Crippen LogP contribution in [0.3, 0.4) is 0 Å². The third kappa shape index (κ3) is 62.6. The number of ether oxygens (including phenoxy) is 4. The van der Waals surface area contributed by atoms with Gasteiger partial charge in [-0.05, 0) is 57.8 Å². The lowest BCUT2D eigenvalue weighted by atomic mass is 10.0. The number of quaternary nitrogens is 1. The fourth-order valence-electron chi connectivity index (χ4n) is 9.87. The summed E-state index contributed by atoms with van der Waals surface area (Å²) in [6, 6.07) is 0. The van der Waals surface area contributed by atoms with Gasteiger partial charge in [-0.2, -0.15) is 0 Å². The summed E-state index contributed by atoms with van der Waals surface area (Å²) in [4.78, 5) is 37.5. The van der Waals surface area contributed by atoms with Gasteiger partial charge in [0.15, 0.2) is 6.10 Å². The first-order valence-electron chi connectivity index (χ1n) is 34.0. The molecule has 1 N–H and O–H groups in total. The third-order valence-electron chi connectivity index (χ3n) is 15.0. The summed E-state index contributed by atoms with van der Waals surface area (Å²) in [6.07, 6.45) is 77.9. The average Bonchev–Trinajstić information content (AvgIpc) is 3.43. The summed E-state index contributed by atoms with van der Waals surface area (Å²) in [7, 11) is 5.96. The maximum absolute atomic E-state index is 12.9. The molecule has 0 aliphatic heterocycles. The third-order valence-corrected chi connectivity index (χ3v) is 15.0. The van der Waals surface area contributed by atoms with Crippen LogP contribution in [0, 0.1) is 0 Å². The molecule has 9 nitrogen and oxygen atoms in total. The predicted octanol–water partition coefficient (Wildman–Crippen LogP) is 20.7. The van der Waals surface area contributed by atoms with Crippen molar-refractivity contribution in [3.05, 3.63) is 60.8 Å². The monoisotopic (exact) mass is 1120 g/mol. The number of unbranched alkanes of at least 4 members (excludes halogenated alkanes) is 38. The van der Waals surface area contributed by atoms with E-state index >= 15 is 0 Å². The number of carbonyl (C=O) groups excluding carboxylic acids is 2. The molecule has 466 valence electrons. The second-order valence-corrected chi connectivity index (χ2v) is 24.1. The lowest BCUT2D eigenvalue weighted by Gasteiger charge is -2.25. The van der Waals surface area contributed by atoms with Gasteiger partial charge in [-0.3, -0.25) is 9.59 Å². The molecule has 0 heterocycles. The fraction of sp³-hybridized carbons (Fsp3) is 0.817. The summed E-state index contributed by atoms with van der Waals surface area (Å²) in [5.41, 5.74) is 0. The normalized spacial score (nSPS) is 13.1. The van der Waals surface area contributed by atoms with Crippen molar-refractivity contribution in [2.75, 3.05) is 47.5 Å². The Hall–Kier alpha value is -3.01. The molecular formula is C71H130NO8+. The number of carboxylic acid groups (broad SMARTS) is 1. The summed E-state index contributed by atoms with van der Waals surface area (Å²) in [5.74, 6) is -2.04. The van der Waals surface area contributed by atoms with Crippen molar-refractivity contribution in [1.29, 1.82) is 0 Å². The van der Waals surface area contributed by atoms with Crippen molar-refractivity contribution in [3.63, 3.8) is 0 Å². The Morgan fingerprint density at radius 3 is 1.06 bits per heavy atom. The van der Waals surface area contributed by atoms with Gasteiger partial charge in [0.2, 0.25) is 0 Å². The highest BCUT2D eigenvalue weighted by atomic mass is 16.7. The van der Waals surface area contributed by atoms with Crippen molar-refractivity contribution < 1.29 is 42.9 Å². The van der Waals surface area contributed by atoms with E-state index in [2.05, 4.69) is 74.6 Å². The van der Waals surface area contributed by atoms with E-state index in [0.29, 0.717) is 23.9 Å². The lowest BCUT2D eigenvalue weighted by Crippen LogP contribution is -2.40. The summed E-state index contributed by atoms with van der Waals surface area (Å²) >= 11 is 0. The van der Waals surface area contributed by atoms with E-state index in [1.54, 1.807) is 0 Å². The van der Waals surface area contributed by atoms with Gasteiger partial charge in [-0.25, -0.2) is 4.79 Å². The first-order chi connectivity index (χ1) is 39.1. The molecule has 0 amide bonds. The van der Waals surface area contributed by atoms with E-state index in [4.69, 9.17) is 18.9 Å². The van der Waals surface area contributed by atoms with Crippen LogP contribution in [0.25, 0.3) is 0 Å². The SMILES string of the molecule is CC/C=C\C/C=C\C/C=C\C/C=C\C/C=C\CCCCCC(=O)OC(COC(=O)CCCCCCCCCCCCCCCCCCCCCCCCCCCCCCCCCCCCCC)COC(OCC[N+](C)(C)C)C(=O)O. The Balaban J connectivity index is 4.02. The van der Waals surface area contributed by atoms with Gasteiger partial charge >= 0.3 is 17.9 Å². The van der Waals surface area contributed by atoms with Crippen molar-refractivity contribution in [2.24, 2.45) is 0 Å². The van der Waals surface area contributed by atoms with Crippen LogP contribution in [-0.2, 0) is 33.3 Å². The topological polar surface area (TPSA) is 108 Å². The lowest BCUT2D eigenvalue weighted by molar-refractivity contribution is -0.870. The van der Waals surface area contributed by atoms with E-state index in [0.717, 1.165) is 70.6 Å². The number of nitrogens with zero attached hydrogens (tertiary/aromatic N) is 1. The standard InChI is InChI=1S/C71H129NO8/c1-6-8-10-12-14-16-18-20-22-24-26-27-28-29-30-31-32-33-34-35-36-37-38-39-40-41-42-44-45-47-49-51-53-55-57-59-61-68(73)78-65-67(66-79-71(70(75)76)77-64-63-72(3,4)5)80-69(74)62-60-58-56-54-52-50-48-46-43-25-23-21-19-17-15-13-11-9-7-2/h9,11,15,17,21,23,43,46,50,52,67,71H,6-8,10,12-14,16,18-20,22,24-42,44-45,47-49,51,53-66H2,1-5H3/p+1/b11-9-,17-15-,23-21-,46-43-,52-50-. The molecule has 0 saturated heterocycles. The summed E-state index contributed by atoms with van der Waals surface area (Å²) < 4.78 is 22.9. The highest BCUT2D eigenvalue weighted by Crippen LogP contribution is 2.18. The maximum atomic E-state index is 12.9. The van der Waals surface area contributed by atoms with E-state index in [1.165, 1.54) is 212 Å². The molecule has 0 saturated carbocycles. The van der Waals surface area contributed by atoms with Crippen LogP contribution in [0.2, 0.25) is 0 Å². The number of aliphatic carboxylic acids is 1. The maximum Gasteiger partial charge on any atom is 0.361 e. The molecule has 0 radical (unpaired) electrons. The molecule has 0 fully saturated rings. The zero-order valence-corrected chi connectivity index (χ0v) is 53.2. The minimum Gasteiger partial charge on any atom is -0.477 e. The molecule has 0 aliphatic carbocycles. The molecule has 2 unspecified atom stereocenters. The highest BCUT2D eigenvalue weighted by Gasteiger charge is 2.25. The van der Waals surface area contributed by atoms with Gasteiger partial charge in [0.25, 0.3) is 6.29 Å². The molecule has 9 heteroatoms. The van der Waals surface area contributed by atoms with E-state index in [9.17, 15) is 19.5 Å². The van der Waals surface area contributed by atoms with Gasteiger partial charge in [0.1, 0.15) is 13.2 Å². The minimum atomic E-state index is -1.52. The number of hydrogen-bond acceptors (Lipinski definition) is 7. The van der Waals surface area contributed by atoms with Gasteiger partial charge in [-0.15, -0.1) is 0 Å². The van der Waals surface area contributed by atoms with Crippen LogP contribution >= 0.6 is 0 Å². The van der Waals surface area contributed by atoms with Crippen LogP contribution in [0.5, 0.6) is 0 Å². The smallest absolute Gasteiger partial charge is 0.361 e. The number of esters is 2. The number of allylic oxidation sites excluding steroid dienone is 10. The molecule has 0 aromatic carbocycles. The second kappa shape index (κ2) is 62.0. The van der Waals surface area contributed by atoms with Gasteiger partial charge in [0.05, 0.1) is 34.4 Å². The Morgan fingerprint density at radius 2 is 0.713 bits per heavy atom. The zero-order valence-electron chi connectivity index (χ0n) is 53.2. The van der Waals surface area contributed by atoms with Gasteiger partial charge < -0.3 is 28.5 Å². The van der Waals surface area contributed by atoms with Crippen LogP contribution < -0.4 is 0 Å². The van der Waals surface area contributed by atoms with E-state index in [-0.39, 0.29) is 32.2 Å². The zero-order chi connectivity index (χ0) is 58.3. The summed E-state index contributed by atoms with van der Waals surface area (Å²) in [5, 5.41) is 9.72. The van der Waals surface area contributed by atoms with Crippen molar-refractivity contribution in [1.82, 2.24) is 0 Å². The Bertz CT molecular complexity index is 1500. The Kier molecular flexibility index (Phi) is 59.7. The van der Waals surface area contributed by atoms with Crippen molar-refractivity contribution in [3.8, 4) is 0 Å². The second-order valence-electron chi connectivity index (χ2n) is 24.1. The van der Waals surface area contributed by atoms with Gasteiger partial charge in [0, 0.05) is 12.8 Å². The number of carboxylic acids is 1. The minimum absolute atomic E-state index is 0.180. The molecule has 0 bridgehead atoms. The Morgan fingerprint density at radius 1 is 0.388 bits per heavy atom. The van der Waals surface area contributed by atoms with Gasteiger partial charge in [-0.1, -0.05) is 306 Å². The largest absolute Gasteiger partial charge is 0.477 e. The van der Waals surface area contributed by atoms with Crippen molar-refractivity contribution >= 4 is 17.9 Å². The van der Waals surface area contributed by atoms with Crippen molar-refractivity contribution in [2.45, 2.75) is 328 Å².